The molecule has 1 rings (SSSR count). The zero-order chi connectivity index (χ0) is 7.40. The van der Waals surface area contributed by atoms with E-state index in [2.05, 4.69) is 35.5 Å². The van der Waals surface area contributed by atoms with E-state index in [1.54, 1.807) is 0 Å². The summed E-state index contributed by atoms with van der Waals surface area (Å²) in [5, 5.41) is 3.30. The van der Waals surface area contributed by atoms with Crippen LogP contribution in [0.25, 0.3) is 0 Å². The number of hydrogen-bond acceptors (Lipinski definition) is 4. The van der Waals surface area contributed by atoms with Gasteiger partial charge in [0.2, 0.25) is 0 Å². The van der Waals surface area contributed by atoms with Crippen molar-refractivity contribution in [1.29, 1.82) is 0 Å². The fraction of sp³-hybridized carbons (Fsp3) is 1.00. The van der Waals surface area contributed by atoms with Crippen LogP contribution in [-0.4, -0.2) is 42.2 Å². The maximum absolute atomic E-state index is 4.21. The second-order valence-electron chi connectivity index (χ2n) is 2.53. The Labute approximate surface area is 73.2 Å². The molecule has 1 saturated heterocycles. The molecule has 0 aromatic heterocycles. The minimum absolute atomic E-state index is 0.207. The Bertz CT molecular complexity index is 91.7. The van der Waals surface area contributed by atoms with Gasteiger partial charge in [-0.2, -0.15) is 25.3 Å². The van der Waals surface area contributed by atoms with Crippen LogP contribution in [0.1, 0.15) is 0 Å². The van der Waals surface area contributed by atoms with Crippen LogP contribution in [0.2, 0.25) is 0 Å². The van der Waals surface area contributed by atoms with E-state index in [9.17, 15) is 0 Å². The van der Waals surface area contributed by atoms with Gasteiger partial charge in [0.05, 0.1) is 4.58 Å². The monoisotopic (exact) mass is 178 g/mol. The van der Waals surface area contributed by atoms with Gasteiger partial charge >= 0.3 is 0 Å². The number of piperazine rings is 1. The summed E-state index contributed by atoms with van der Waals surface area (Å²) in [5.41, 5.74) is 0. The molecule has 0 unspecified atom stereocenters. The molecule has 0 amide bonds. The van der Waals surface area contributed by atoms with E-state index in [-0.39, 0.29) is 4.58 Å². The average Bonchev–Trinajstić information content (AvgIpc) is 1.88. The Morgan fingerprint density at radius 1 is 1.30 bits per heavy atom. The zero-order valence-electron chi connectivity index (χ0n) is 5.95. The molecule has 0 aromatic carbocycles. The molecule has 1 aliphatic heterocycles. The third-order valence-corrected chi connectivity index (χ3v) is 1.96. The molecule has 10 heavy (non-hydrogen) atoms. The fourth-order valence-electron chi connectivity index (χ4n) is 1.12. The van der Waals surface area contributed by atoms with Crippen LogP contribution in [-0.2, 0) is 0 Å². The van der Waals surface area contributed by atoms with Crippen molar-refractivity contribution < 1.29 is 0 Å². The number of thiol groups is 2. The highest BCUT2D eigenvalue weighted by atomic mass is 32.2. The molecule has 0 radical (unpaired) electrons. The third-order valence-electron chi connectivity index (χ3n) is 1.63. The minimum Gasteiger partial charge on any atom is -0.314 e. The van der Waals surface area contributed by atoms with Gasteiger partial charge in [-0.05, 0) is 0 Å². The summed E-state index contributed by atoms with van der Waals surface area (Å²) in [6.07, 6.45) is 0. The first kappa shape index (κ1) is 8.71. The first-order valence-corrected chi connectivity index (χ1v) is 4.61. The van der Waals surface area contributed by atoms with Gasteiger partial charge in [-0.15, -0.1) is 0 Å². The highest BCUT2D eigenvalue weighted by molar-refractivity contribution is 7.99. The van der Waals surface area contributed by atoms with Crippen LogP contribution in [0.3, 0.4) is 0 Å². The first-order valence-electron chi connectivity index (χ1n) is 3.58. The summed E-state index contributed by atoms with van der Waals surface area (Å²) in [7, 11) is 0. The molecule has 60 valence electrons. The van der Waals surface area contributed by atoms with Crippen molar-refractivity contribution in [3.63, 3.8) is 0 Å². The number of nitrogens with one attached hydrogen (secondary N) is 1. The lowest BCUT2D eigenvalue weighted by Crippen LogP contribution is -2.44. The number of nitrogens with zero attached hydrogens (tertiary/aromatic N) is 1. The second-order valence-corrected chi connectivity index (χ2v) is 4.19. The molecule has 4 heteroatoms. The second kappa shape index (κ2) is 4.49. The molecule has 0 saturated carbocycles. The molecule has 1 heterocycles. The highest BCUT2D eigenvalue weighted by Gasteiger charge is 2.10. The summed E-state index contributed by atoms with van der Waals surface area (Å²) in [4.78, 5) is 2.38. The van der Waals surface area contributed by atoms with Gasteiger partial charge in [-0.1, -0.05) is 0 Å². The predicted molar refractivity (Wildman–Crippen MR) is 51.1 cm³/mol. The van der Waals surface area contributed by atoms with Crippen molar-refractivity contribution in [1.82, 2.24) is 10.2 Å². The molecular formula is C6H14N2S2. The molecule has 0 atom stereocenters. The number of hydrogen-bond donors (Lipinski definition) is 3. The predicted octanol–water partition coefficient (Wildman–Crippen LogP) is 0.0773. The van der Waals surface area contributed by atoms with Crippen LogP contribution in [0, 0.1) is 0 Å². The van der Waals surface area contributed by atoms with E-state index in [4.69, 9.17) is 0 Å². The van der Waals surface area contributed by atoms with E-state index < -0.39 is 0 Å². The molecule has 0 aliphatic carbocycles. The van der Waals surface area contributed by atoms with Crippen molar-refractivity contribution in [2.75, 3.05) is 32.7 Å². The van der Waals surface area contributed by atoms with Crippen LogP contribution in [0.15, 0.2) is 0 Å². The highest BCUT2D eigenvalue weighted by Crippen LogP contribution is 2.03. The smallest absolute Gasteiger partial charge is 0.0569 e. The maximum atomic E-state index is 4.21. The quantitative estimate of drug-likeness (QED) is 0.410. The summed E-state index contributed by atoms with van der Waals surface area (Å²) >= 11 is 8.42. The van der Waals surface area contributed by atoms with Gasteiger partial charge in [0.1, 0.15) is 0 Å². The number of rotatable bonds is 2. The van der Waals surface area contributed by atoms with Crippen LogP contribution >= 0.6 is 25.3 Å². The molecule has 0 bridgehead atoms. The molecule has 1 fully saturated rings. The van der Waals surface area contributed by atoms with Gasteiger partial charge in [0.15, 0.2) is 0 Å². The summed E-state index contributed by atoms with van der Waals surface area (Å²) < 4.78 is 0.207. The van der Waals surface area contributed by atoms with E-state index >= 15 is 0 Å². The van der Waals surface area contributed by atoms with Crippen molar-refractivity contribution in [3.05, 3.63) is 0 Å². The van der Waals surface area contributed by atoms with Crippen LogP contribution < -0.4 is 5.32 Å². The standard InChI is InChI=1S/C6H14N2S2/c9-6(10)5-8-3-1-7-2-4-8/h6-7,9-10H,1-5H2. The fourth-order valence-corrected chi connectivity index (χ4v) is 1.59. The molecule has 1 N–H and O–H groups in total. The Morgan fingerprint density at radius 2 is 1.90 bits per heavy atom. The lowest BCUT2D eigenvalue weighted by molar-refractivity contribution is 0.252. The Morgan fingerprint density at radius 3 is 2.40 bits per heavy atom. The Balaban J connectivity index is 2.13. The van der Waals surface area contributed by atoms with E-state index in [1.165, 1.54) is 0 Å². The van der Waals surface area contributed by atoms with Gasteiger partial charge in [0, 0.05) is 32.7 Å². The van der Waals surface area contributed by atoms with E-state index in [0.29, 0.717) is 0 Å². The summed E-state index contributed by atoms with van der Waals surface area (Å²) in [6, 6.07) is 0. The van der Waals surface area contributed by atoms with Crippen LogP contribution in [0.5, 0.6) is 0 Å². The average molecular weight is 178 g/mol. The topological polar surface area (TPSA) is 15.3 Å². The van der Waals surface area contributed by atoms with Gasteiger partial charge < -0.3 is 5.32 Å². The molecule has 0 aromatic rings. The van der Waals surface area contributed by atoms with Crippen molar-refractivity contribution in [3.8, 4) is 0 Å². The molecule has 0 spiro atoms. The molecule has 2 nitrogen and oxygen atoms in total. The summed E-state index contributed by atoms with van der Waals surface area (Å²) in [6.45, 7) is 5.48. The van der Waals surface area contributed by atoms with E-state index in [0.717, 1.165) is 32.7 Å². The van der Waals surface area contributed by atoms with Gasteiger partial charge in [-0.3, -0.25) is 4.90 Å². The van der Waals surface area contributed by atoms with Crippen molar-refractivity contribution >= 4 is 25.3 Å². The molecular weight excluding hydrogens is 164 g/mol. The Kier molecular flexibility index (Phi) is 3.91. The molecule has 1 aliphatic rings. The SMILES string of the molecule is SC(S)CN1CCNCC1. The summed E-state index contributed by atoms with van der Waals surface area (Å²) in [5.74, 6) is 0. The lowest BCUT2D eigenvalue weighted by atomic mass is 10.4. The third kappa shape index (κ3) is 3.14. The Hall–Kier alpha value is 0.620. The van der Waals surface area contributed by atoms with Gasteiger partial charge in [-0.25, -0.2) is 0 Å². The normalized spacial score (nSPS) is 21.9. The van der Waals surface area contributed by atoms with Crippen molar-refractivity contribution in [2.24, 2.45) is 0 Å². The lowest BCUT2D eigenvalue weighted by Gasteiger charge is -2.27. The minimum atomic E-state index is 0.207. The largest absolute Gasteiger partial charge is 0.314 e. The van der Waals surface area contributed by atoms with Gasteiger partial charge in [0.25, 0.3) is 0 Å². The maximum Gasteiger partial charge on any atom is 0.0569 e. The van der Waals surface area contributed by atoms with Crippen LogP contribution in [0.4, 0.5) is 0 Å². The first-order chi connectivity index (χ1) is 4.79. The van der Waals surface area contributed by atoms with E-state index in [1.807, 2.05) is 0 Å². The zero-order valence-corrected chi connectivity index (χ0v) is 7.74. The van der Waals surface area contributed by atoms with Crippen molar-refractivity contribution in [2.45, 2.75) is 4.58 Å².